The first-order chi connectivity index (χ1) is 11.9. The minimum absolute atomic E-state index is 0.760. The summed E-state index contributed by atoms with van der Waals surface area (Å²) in [6.45, 7) is 4.82. The van der Waals surface area contributed by atoms with E-state index in [1.807, 2.05) is 0 Å². The monoisotopic (exact) mass is 318 g/mol. The van der Waals surface area contributed by atoms with Crippen molar-refractivity contribution in [2.45, 2.75) is 31.7 Å². The topological polar surface area (TPSA) is 8.17 Å². The Morgan fingerprint density at radius 2 is 1.54 bits per heavy atom. The van der Waals surface area contributed by atoms with Crippen LogP contribution in [0.2, 0.25) is 0 Å². The molecule has 3 aromatic rings. The van der Waals surface area contributed by atoms with Gasteiger partial charge in [0, 0.05) is 18.3 Å². The Kier molecular flexibility index (Phi) is 4.66. The van der Waals surface area contributed by atoms with E-state index in [4.69, 9.17) is 0 Å². The number of rotatable bonds is 5. The molecule has 1 aromatic heterocycles. The van der Waals surface area contributed by atoms with E-state index in [1.54, 1.807) is 0 Å². The molecular formula is C22H26N2. The normalized spacial score (nSPS) is 16.7. The van der Waals surface area contributed by atoms with E-state index in [9.17, 15) is 0 Å². The second-order valence-corrected chi connectivity index (χ2v) is 6.95. The molecule has 1 fully saturated rings. The Morgan fingerprint density at radius 1 is 0.792 bits per heavy atom. The van der Waals surface area contributed by atoms with Crippen molar-refractivity contribution < 1.29 is 0 Å². The summed E-state index contributed by atoms with van der Waals surface area (Å²) in [5.41, 5.74) is 2.89. The molecule has 1 saturated heterocycles. The van der Waals surface area contributed by atoms with Gasteiger partial charge in [0.2, 0.25) is 0 Å². The molecule has 24 heavy (non-hydrogen) atoms. The molecule has 1 aliphatic rings. The zero-order valence-electron chi connectivity index (χ0n) is 14.3. The number of piperidine rings is 1. The number of para-hydroxylation sites is 1. The number of hydrogen-bond acceptors (Lipinski definition) is 1. The van der Waals surface area contributed by atoms with Gasteiger partial charge in [-0.1, -0.05) is 48.5 Å². The summed E-state index contributed by atoms with van der Waals surface area (Å²) in [5, 5.41) is 1.35. The third-order valence-corrected chi connectivity index (χ3v) is 5.41. The highest BCUT2D eigenvalue weighted by molar-refractivity contribution is 5.79. The highest BCUT2D eigenvalue weighted by Crippen LogP contribution is 2.27. The standard InChI is InChI=1S/C22H26N2/c1-2-7-19(8-3-1)20-11-16-23(17-12-20)14-6-15-24-18-13-21-9-4-5-10-22(21)24/h1-5,7-10,13,18,20H,6,11-12,14-17H2. The van der Waals surface area contributed by atoms with E-state index >= 15 is 0 Å². The molecule has 0 spiro atoms. The van der Waals surface area contributed by atoms with Gasteiger partial charge in [0.25, 0.3) is 0 Å². The molecule has 0 bridgehead atoms. The molecular weight excluding hydrogens is 292 g/mol. The maximum atomic E-state index is 2.64. The van der Waals surface area contributed by atoms with Gasteiger partial charge in [0.15, 0.2) is 0 Å². The summed E-state index contributed by atoms with van der Waals surface area (Å²) in [7, 11) is 0. The van der Waals surface area contributed by atoms with Crippen molar-refractivity contribution >= 4 is 10.9 Å². The number of benzene rings is 2. The molecule has 2 heteroatoms. The Balaban J connectivity index is 1.26. The van der Waals surface area contributed by atoms with Crippen LogP contribution in [0.5, 0.6) is 0 Å². The molecule has 0 unspecified atom stereocenters. The summed E-state index contributed by atoms with van der Waals surface area (Å²) in [4.78, 5) is 2.64. The van der Waals surface area contributed by atoms with Crippen LogP contribution in [0.25, 0.3) is 10.9 Å². The second kappa shape index (κ2) is 7.23. The SMILES string of the molecule is c1ccc(C2CCN(CCCn3ccc4ccccc43)CC2)cc1. The fraction of sp³-hybridized carbons (Fsp3) is 0.364. The Bertz CT molecular complexity index is 767. The minimum atomic E-state index is 0.760. The summed E-state index contributed by atoms with van der Waals surface area (Å²) in [5.74, 6) is 0.760. The van der Waals surface area contributed by atoms with Crippen molar-refractivity contribution in [3.63, 3.8) is 0 Å². The van der Waals surface area contributed by atoms with Crippen LogP contribution in [0.15, 0.2) is 66.9 Å². The Morgan fingerprint density at radius 3 is 2.38 bits per heavy atom. The van der Waals surface area contributed by atoms with Gasteiger partial charge in [-0.2, -0.15) is 0 Å². The lowest BCUT2D eigenvalue weighted by molar-refractivity contribution is 0.207. The third kappa shape index (κ3) is 3.39. The van der Waals surface area contributed by atoms with Crippen molar-refractivity contribution in [3.05, 3.63) is 72.4 Å². The molecule has 2 heterocycles. The van der Waals surface area contributed by atoms with E-state index in [0.29, 0.717) is 0 Å². The van der Waals surface area contributed by atoms with Gasteiger partial charge < -0.3 is 9.47 Å². The van der Waals surface area contributed by atoms with Crippen LogP contribution in [0.4, 0.5) is 0 Å². The van der Waals surface area contributed by atoms with E-state index in [2.05, 4.69) is 76.3 Å². The molecule has 2 nitrogen and oxygen atoms in total. The average Bonchev–Trinajstić information content (AvgIpc) is 3.06. The lowest BCUT2D eigenvalue weighted by atomic mass is 9.89. The summed E-state index contributed by atoms with van der Waals surface area (Å²) >= 11 is 0. The Labute approximate surface area is 144 Å². The molecule has 4 rings (SSSR count). The number of likely N-dealkylation sites (tertiary alicyclic amines) is 1. The quantitative estimate of drug-likeness (QED) is 0.649. The zero-order valence-corrected chi connectivity index (χ0v) is 14.3. The van der Waals surface area contributed by atoms with Crippen molar-refractivity contribution in [3.8, 4) is 0 Å². The van der Waals surface area contributed by atoms with Gasteiger partial charge in [0.05, 0.1) is 0 Å². The first-order valence-electron chi connectivity index (χ1n) is 9.21. The smallest absolute Gasteiger partial charge is 0.0480 e. The van der Waals surface area contributed by atoms with Crippen LogP contribution in [0.3, 0.4) is 0 Å². The largest absolute Gasteiger partial charge is 0.347 e. The summed E-state index contributed by atoms with van der Waals surface area (Å²) in [6, 6.07) is 21.9. The second-order valence-electron chi connectivity index (χ2n) is 6.95. The third-order valence-electron chi connectivity index (χ3n) is 5.41. The van der Waals surface area contributed by atoms with Gasteiger partial charge >= 0.3 is 0 Å². The van der Waals surface area contributed by atoms with Gasteiger partial charge in [0.1, 0.15) is 0 Å². The van der Waals surface area contributed by atoms with E-state index in [0.717, 1.165) is 12.5 Å². The van der Waals surface area contributed by atoms with Crippen LogP contribution in [-0.4, -0.2) is 29.1 Å². The summed E-state index contributed by atoms with van der Waals surface area (Å²) in [6.07, 6.45) is 6.06. The molecule has 1 aliphatic heterocycles. The molecule has 0 N–H and O–H groups in total. The number of nitrogens with zero attached hydrogens (tertiary/aromatic N) is 2. The zero-order chi connectivity index (χ0) is 16.2. The first kappa shape index (κ1) is 15.5. The minimum Gasteiger partial charge on any atom is -0.347 e. The predicted octanol–water partition coefficient (Wildman–Crippen LogP) is 4.91. The molecule has 0 atom stereocenters. The van der Waals surface area contributed by atoms with Gasteiger partial charge in [-0.3, -0.25) is 0 Å². The maximum Gasteiger partial charge on any atom is 0.0480 e. The van der Waals surface area contributed by atoms with Crippen molar-refractivity contribution in [2.24, 2.45) is 0 Å². The highest BCUT2D eigenvalue weighted by atomic mass is 15.1. The fourth-order valence-electron chi connectivity index (χ4n) is 4.02. The van der Waals surface area contributed by atoms with Crippen LogP contribution >= 0.6 is 0 Å². The highest BCUT2D eigenvalue weighted by Gasteiger charge is 2.19. The van der Waals surface area contributed by atoms with Crippen molar-refractivity contribution in [2.75, 3.05) is 19.6 Å². The number of aryl methyl sites for hydroxylation is 1. The molecule has 0 saturated carbocycles. The van der Waals surface area contributed by atoms with E-state index < -0.39 is 0 Å². The number of aromatic nitrogens is 1. The van der Waals surface area contributed by atoms with E-state index in [-0.39, 0.29) is 0 Å². The predicted molar refractivity (Wildman–Crippen MR) is 101 cm³/mol. The summed E-state index contributed by atoms with van der Waals surface area (Å²) < 4.78 is 2.39. The number of fused-ring (bicyclic) bond motifs is 1. The molecule has 124 valence electrons. The molecule has 0 amide bonds. The molecule has 2 aromatic carbocycles. The molecule has 0 aliphatic carbocycles. The lowest BCUT2D eigenvalue weighted by Crippen LogP contribution is -2.34. The first-order valence-corrected chi connectivity index (χ1v) is 9.21. The van der Waals surface area contributed by atoms with Crippen LogP contribution in [0, 0.1) is 0 Å². The van der Waals surface area contributed by atoms with Crippen LogP contribution in [0.1, 0.15) is 30.7 Å². The van der Waals surface area contributed by atoms with Gasteiger partial charge in [-0.25, -0.2) is 0 Å². The van der Waals surface area contributed by atoms with Gasteiger partial charge in [-0.15, -0.1) is 0 Å². The maximum absolute atomic E-state index is 2.64. The number of hydrogen-bond donors (Lipinski definition) is 0. The van der Waals surface area contributed by atoms with Gasteiger partial charge in [-0.05, 0) is 67.9 Å². The fourth-order valence-corrected chi connectivity index (χ4v) is 4.02. The Hall–Kier alpha value is -2.06. The van der Waals surface area contributed by atoms with Crippen molar-refractivity contribution in [1.82, 2.24) is 9.47 Å². The average molecular weight is 318 g/mol. The van der Waals surface area contributed by atoms with Crippen LogP contribution in [-0.2, 0) is 6.54 Å². The van der Waals surface area contributed by atoms with E-state index in [1.165, 1.54) is 55.4 Å². The van der Waals surface area contributed by atoms with Crippen LogP contribution < -0.4 is 0 Å². The van der Waals surface area contributed by atoms with Crippen molar-refractivity contribution in [1.29, 1.82) is 0 Å². The molecule has 0 radical (unpaired) electrons. The lowest BCUT2D eigenvalue weighted by Gasteiger charge is -2.32.